The van der Waals surface area contributed by atoms with Crippen LogP contribution in [0.15, 0.2) is 91.0 Å². The van der Waals surface area contributed by atoms with Crippen LogP contribution in [-0.2, 0) is 14.4 Å². The highest BCUT2D eigenvalue weighted by atomic mass is 16.2. The molecule has 2 fully saturated rings. The van der Waals surface area contributed by atoms with E-state index < -0.39 is 5.54 Å². The van der Waals surface area contributed by atoms with Crippen molar-refractivity contribution in [2.24, 2.45) is 0 Å². The van der Waals surface area contributed by atoms with Crippen molar-refractivity contribution >= 4 is 29.1 Å². The number of para-hydroxylation sites is 2. The summed E-state index contributed by atoms with van der Waals surface area (Å²) in [6.45, 7) is 3.35. The van der Waals surface area contributed by atoms with Gasteiger partial charge in [-0.25, -0.2) is 0 Å². The number of benzene rings is 3. The van der Waals surface area contributed by atoms with Crippen LogP contribution >= 0.6 is 0 Å². The molecule has 38 heavy (non-hydrogen) atoms. The Hall–Kier alpha value is -4.13. The van der Waals surface area contributed by atoms with Gasteiger partial charge in [-0.1, -0.05) is 73.7 Å². The van der Waals surface area contributed by atoms with E-state index >= 15 is 0 Å². The fraction of sp³-hybridized carbons (Fsp3) is 0.323. The van der Waals surface area contributed by atoms with Crippen LogP contribution in [0, 0.1) is 0 Å². The van der Waals surface area contributed by atoms with Crippen LogP contribution in [0.4, 0.5) is 11.4 Å². The van der Waals surface area contributed by atoms with Crippen molar-refractivity contribution in [1.82, 2.24) is 9.80 Å². The molecule has 0 saturated carbocycles. The Kier molecular flexibility index (Phi) is 7.45. The molecule has 7 nitrogen and oxygen atoms in total. The number of carbonyl (C=O) groups excluding carboxylic acids is 3. The van der Waals surface area contributed by atoms with Gasteiger partial charge in [-0.15, -0.1) is 0 Å². The van der Waals surface area contributed by atoms with Crippen LogP contribution < -0.4 is 10.2 Å². The van der Waals surface area contributed by atoms with Gasteiger partial charge in [-0.3, -0.25) is 14.4 Å². The minimum absolute atomic E-state index is 0.0205. The highest BCUT2D eigenvalue weighted by Crippen LogP contribution is 2.40. The van der Waals surface area contributed by atoms with Gasteiger partial charge < -0.3 is 20.0 Å². The lowest BCUT2D eigenvalue weighted by Crippen LogP contribution is -2.57. The van der Waals surface area contributed by atoms with Crippen molar-refractivity contribution in [2.45, 2.75) is 37.6 Å². The predicted octanol–water partition coefficient (Wildman–Crippen LogP) is 4.49. The summed E-state index contributed by atoms with van der Waals surface area (Å²) in [5.74, 6) is -0.347. The molecule has 3 aromatic carbocycles. The molecule has 2 heterocycles. The molecule has 2 saturated heterocycles. The van der Waals surface area contributed by atoms with Gasteiger partial charge in [-0.05, 0) is 49.1 Å². The SMILES string of the molecule is CCC(C(=O)N1CCC2(CC1)C(=O)N(CC(=O)Nc1ccccc1)CN2c1ccccc1)c1ccccc1. The first-order valence-electron chi connectivity index (χ1n) is 13.3. The van der Waals surface area contributed by atoms with E-state index in [2.05, 4.69) is 10.2 Å². The second-order valence-electron chi connectivity index (χ2n) is 10.1. The van der Waals surface area contributed by atoms with Crippen LogP contribution in [-0.4, -0.2) is 59.4 Å². The van der Waals surface area contributed by atoms with Gasteiger partial charge in [0, 0.05) is 24.5 Å². The number of nitrogens with zero attached hydrogens (tertiary/aromatic N) is 3. The highest BCUT2D eigenvalue weighted by molar-refractivity contribution is 5.99. The Bertz CT molecular complexity index is 1260. The first-order valence-corrected chi connectivity index (χ1v) is 13.3. The average molecular weight is 511 g/mol. The first-order chi connectivity index (χ1) is 18.5. The summed E-state index contributed by atoms with van der Waals surface area (Å²) in [6.07, 6.45) is 1.77. The predicted molar refractivity (Wildman–Crippen MR) is 149 cm³/mol. The number of piperidine rings is 1. The van der Waals surface area contributed by atoms with Crippen LogP contribution in [0.1, 0.15) is 37.7 Å². The standard InChI is InChI=1S/C31H34N4O3/c1-2-27(24-12-6-3-7-13-24)29(37)33-20-18-31(19-21-33)30(38)34(23-35(31)26-16-10-5-11-17-26)22-28(36)32-25-14-8-4-9-15-25/h3-17,27H,2,18-23H2,1H3,(H,32,36). The summed E-state index contributed by atoms with van der Waals surface area (Å²) >= 11 is 0. The average Bonchev–Trinajstić information content (AvgIpc) is 3.21. The molecular formula is C31H34N4O3. The number of hydrogen-bond donors (Lipinski definition) is 1. The molecule has 196 valence electrons. The molecule has 1 unspecified atom stereocenters. The van der Waals surface area contributed by atoms with Gasteiger partial charge in [0.25, 0.3) is 5.91 Å². The van der Waals surface area contributed by atoms with Gasteiger partial charge in [0.2, 0.25) is 11.8 Å². The summed E-state index contributed by atoms with van der Waals surface area (Å²) in [6, 6.07) is 29.0. The van der Waals surface area contributed by atoms with E-state index in [0.29, 0.717) is 38.3 Å². The molecule has 5 rings (SSSR count). The van der Waals surface area contributed by atoms with Crippen LogP contribution in [0.5, 0.6) is 0 Å². The lowest BCUT2D eigenvalue weighted by atomic mass is 9.84. The zero-order valence-corrected chi connectivity index (χ0v) is 21.8. The summed E-state index contributed by atoms with van der Waals surface area (Å²) in [4.78, 5) is 46.0. The first kappa shape index (κ1) is 25.5. The Morgan fingerprint density at radius 3 is 2.05 bits per heavy atom. The van der Waals surface area contributed by atoms with E-state index in [4.69, 9.17) is 0 Å². The number of likely N-dealkylation sites (tertiary alicyclic amines) is 1. The molecule has 1 N–H and O–H groups in total. The van der Waals surface area contributed by atoms with Crippen molar-refractivity contribution in [3.05, 3.63) is 96.6 Å². The summed E-state index contributed by atoms with van der Waals surface area (Å²) in [5, 5.41) is 2.89. The van der Waals surface area contributed by atoms with Gasteiger partial charge in [0.1, 0.15) is 12.1 Å². The smallest absolute Gasteiger partial charge is 0.250 e. The maximum Gasteiger partial charge on any atom is 0.250 e. The minimum Gasteiger partial charge on any atom is -0.342 e. The maximum absolute atomic E-state index is 13.9. The molecule has 0 radical (unpaired) electrons. The number of hydrogen-bond acceptors (Lipinski definition) is 4. The van der Waals surface area contributed by atoms with Crippen molar-refractivity contribution in [3.8, 4) is 0 Å². The fourth-order valence-corrected chi connectivity index (χ4v) is 5.77. The van der Waals surface area contributed by atoms with E-state index in [1.807, 2.05) is 103 Å². The van der Waals surface area contributed by atoms with Crippen molar-refractivity contribution in [1.29, 1.82) is 0 Å². The summed E-state index contributed by atoms with van der Waals surface area (Å²) in [5.41, 5.74) is 1.90. The number of carbonyl (C=O) groups is 3. The highest BCUT2D eigenvalue weighted by Gasteiger charge is 2.54. The van der Waals surface area contributed by atoms with Gasteiger partial charge in [0.05, 0.1) is 12.6 Å². The maximum atomic E-state index is 13.9. The number of amides is 3. The van der Waals surface area contributed by atoms with Crippen LogP contribution in [0.2, 0.25) is 0 Å². The second kappa shape index (κ2) is 11.1. The third-order valence-electron chi connectivity index (χ3n) is 7.78. The molecule has 2 aliphatic heterocycles. The van der Waals surface area contributed by atoms with Gasteiger partial charge in [-0.2, -0.15) is 0 Å². The van der Waals surface area contributed by atoms with E-state index in [1.54, 1.807) is 4.90 Å². The van der Waals surface area contributed by atoms with Crippen molar-refractivity contribution in [2.75, 3.05) is 36.5 Å². The largest absolute Gasteiger partial charge is 0.342 e. The molecule has 0 aromatic heterocycles. The summed E-state index contributed by atoms with van der Waals surface area (Å²) in [7, 11) is 0. The molecule has 2 aliphatic rings. The number of anilines is 2. The third kappa shape index (κ3) is 5.01. The minimum atomic E-state index is -0.778. The third-order valence-corrected chi connectivity index (χ3v) is 7.78. The van der Waals surface area contributed by atoms with Crippen LogP contribution in [0.3, 0.4) is 0 Å². The Labute approximate surface area is 224 Å². The number of nitrogens with one attached hydrogen (secondary N) is 1. The van der Waals surface area contributed by atoms with E-state index in [9.17, 15) is 14.4 Å². The quantitative estimate of drug-likeness (QED) is 0.509. The lowest BCUT2D eigenvalue weighted by molar-refractivity contribution is -0.140. The zero-order valence-electron chi connectivity index (χ0n) is 21.8. The zero-order chi connectivity index (χ0) is 26.5. The fourth-order valence-electron chi connectivity index (χ4n) is 5.77. The monoisotopic (exact) mass is 510 g/mol. The molecule has 3 aromatic rings. The molecule has 0 aliphatic carbocycles. The molecule has 0 bridgehead atoms. The van der Waals surface area contributed by atoms with Crippen molar-refractivity contribution in [3.63, 3.8) is 0 Å². The molecule has 1 spiro atoms. The summed E-state index contributed by atoms with van der Waals surface area (Å²) < 4.78 is 0. The molecular weight excluding hydrogens is 476 g/mol. The van der Waals surface area contributed by atoms with Crippen LogP contribution in [0.25, 0.3) is 0 Å². The topological polar surface area (TPSA) is 73.0 Å². The van der Waals surface area contributed by atoms with Crippen molar-refractivity contribution < 1.29 is 14.4 Å². The molecule has 1 atom stereocenters. The Morgan fingerprint density at radius 1 is 0.868 bits per heavy atom. The van der Waals surface area contributed by atoms with E-state index in [-0.39, 0.29) is 30.2 Å². The molecule has 3 amide bonds. The van der Waals surface area contributed by atoms with E-state index in [0.717, 1.165) is 17.7 Å². The second-order valence-corrected chi connectivity index (χ2v) is 10.1. The molecule has 7 heteroatoms. The normalized spacial score (nSPS) is 17.5. The Balaban J connectivity index is 1.33. The lowest BCUT2D eigenvalue weighted by Gasteiger charge is -2.44. The van der Waals surface area contributed by atoms with E-state index in [1.165, 1.54) is 0 Å². The Morgan fingerprint density at radius 2 is 1.45 bits per heavy atom. The van der Waals surface area contributed by atoms with Gasteiger partial charge >= 0.3 is 0 Å². The number of rotatable bonds is 7. The van der Waals surface area contributed by atoms with Gasteiger partial charge in [0.15, 0.2) is 0 Å².